The number of aliphatic hydroxyl groups is 1. The zero-order valence-electron chi connectivity index (χ0n) is 19.5. The van der Waals surface area contributed by atoms with Gasteiger partial charge in [0.05, 0.1) is 36.6 Å². The minimum atomic E-state index is -4.37. The summed E-state index contributed by atoms with van der Waals surface area (Å²) in [6, 6.07) is 18.6. The maximum absolute atomic E-state index is 12.9. The van der Waals surface area contributed by atoms with Gasteiger partial charge in [-0.25, -0.2) is 16.8 Å². The first-order valence-electron chi connectivity index (χ1n) is 10.6. The van der Waals surface area contributed by atoms with Gasteiger partial charge in [-0.1, -0.05) is 42.5 Å². The molecule has 0 saturated carbocycles. The smallest absolute Gasteiger partial charge is 0.324 e. The third kappa shape index (κ3) is 6.61. The maximum atomic E-state index is 12.9. The molecular weight excluding hydrogens is 508 g/mol. The molecule has 0 aliphatic carbocycles. The van der Waals surface area contributed by atoms with Crippen molar-refractivity contribution >= 4 is 31.7 Å². The van der Waals surface area contributed by atoms with Crippen LogP contribution in [0.25, 0.3) is 11.1 Å². The molecule has 0 aliphatic heterocycles. The van der Waals surface area contributed by atoms with E-state index in [9.17, 15) is 31.8 Å². The van der Waals surface area contributed by atoms with E-state index in [0.29, 0.717) is 5.75 Å². The van der Waals surface area contributed by atoms with Gasteiger partial charge in [-0.15, -0.1) is 0 Å². The monoisotopic (exact) mass is 534 g/mol. The van der Waals surface area contributed by atoms with Crippen LogP contribution in [-0.4, -0.2) is 65.1 Å². The van der Waals surface area contributed by atoms with Crippen molar-refractivity contribution in [1.29, 1.82) is 0 Å². The number of aliphatic hydroxyl groups excluding tert-OH is 1. The van der Waals surface area contributed by atoms with Gasteiger partial charge in [-0.3, -0.25) is 9.10 Å². The van der Waals surface area contributed by atoms with Crippen LogP contribution in [0, 0.1) is 0 Å². The van der Waals surface area contributed by atoms with E-state index in [2.05, 4.69) is 0 Å². The highest BCUT2D eigenvalue weighted by Gasteiger charge is 2.34. The topological polar surface area (TPSA) is 150 Å². The number of aliphatic carboxylic acids is 1. The number of nitrogens with zero attached hydrogens (tertiary/aromatic N) is 1. The number of rotatable bonds is 11. The largest absolute Gasteiger partial charge is 0.497 e. The van der Waals surface area contributed by atoms with Gasteiger partial charge in [0.15, 0.2) is 0 Å². The number of carboxylic acid groups (broad SMARTS) is 1. The zero-order valence-corrected chi connectivity index (χ0v) is 21.1. The highest BCUT2D eigenvalue weighted by molar-refractivity contribution is 7.92. The van der Waals surface area contributed by atoms with Gasteiger partial charge in [0.25, 0.3) is 0 Å². The molecule has 3 aromatic rings. The quantitative estimate of drug-likeness (QED) is 0.338. The summed E-state index contributed by atoms with van der Waals surface area (Å²) in [6.45, 7) is -0.682. The molecule has 0 aliphatic rings. The molecule has 0 spiro atoms. The number of hydrogen-bond donors (Lipinski definition) is 3. The summed E-state index contributed by atoms with van der Waals surface area (Å²) in [7, 11) is -6.74. The Kier molecular flexibility index (Phi) is 8.35. The van der Waals surface area contributed by atoms with Crippen LogP contribution in [0.15, 0.2) is 83.8 Å². The van der Waals surface area contributed by atoms with E-state index in [1.807, 2.05) is 4.72 Å². The first kappa shape index (κ1) is 27.1. The molecule has 0 amide bonds. The number of carbonyl (C=O) groups is 1. The standard InChI is InChI=1S/C24H26N2O8S2/c1-34-20-12-8-17(9-13-20)18-10-14-21(15-11-18)36(32,33)25-23(24(28)29)22(27)16-26(35(2,30)31)19-6-4-3-5-7-19/h3-15,22-23,25,27H,16H2,1-2H3,(H,28,29)/t22-,23-/m1/s1. The second-order valence-corrected chi connectivity index (χ2v) is 11.5. The molecule has 192 valence electrons. The number of anilines is 1. The van der Waals surface area contributed by atoms with E-state index >= 15 is 0 Å². The van der Waals surface area contributed by atoms with Crippen LogP contribution < -0.4 is 13.8 Å². The number of hydrogen-bond acceptors (Lipinski definition) is 7. The summed E-state index contributed by atoms with van der Waals surface area (Å²) < 4.78 is 58.3. The summed E-state index contributed by atoms with van der Waals surface area (Å²) in [5, 5.41) is 20.2. The lowest BCUT2D eigenvalue weighted by molar-refractivity contribution is -0.141. The van der Waals surface area contributed by atoms with Crippen molar-refractivity contribution in [3.05, 3.63) is 78.9 Å². The number of methoxy groups -OCH3 is 1. The first-order valence-corrected chi connectivity index (χ1v) is 14.0. The van der Waals surface area contributed by atoms with E-state index in [-0.39, 0.29) is 10.6 Å². The van der Waals surface area contributed by atoms with E-state index < -0.39 is 44.7 Å². The number of ether oxygens (including phenoxy) is 1. The van der Waals surface area contributed by atoms with Gasteiger partial charge in [0.2, 0.25) is 20.0 Å². The molecule has 3 N–H and O–H groups in total. The Balaban J connectivity index is 1.81. The van der Waals surface area contributed by atoms with Gasteiger partial charge < -0.3 is 14.9 Å². The van der Waals surface area contributed by atoms with Gasteiger partial charge in [0, 0.05) is 0 Å². The lowest BCUT2D eigenvalue weighted by Crippen LogP contribution is -2.53. The number of carboxylic acids is 1. The molecule has 0 fully saturated rings. The third-order valence-electron chi connectivity index (χ3n) is 5.32. The zero-order chi connectivity index (χ0) is 26.5. The van der Waals surface area contributed by atoms with Crippen molar-refractivity contribution in [3.63, 3.8) is 0 Å². The Morgan fingerprint density at radius 1 is 0.917 bits per heavy atom. The molecule has 0 aromatic heterocycles. The number of benzene rings is 3. The summed E-state index contributed by atoms with van der Waals surface area (Å²) in [5.74, 6) is -0.996. The van der Waals surface area contributed by atoms with Gasteiger partial charge in [-0.05, 0) is 47.5 Å². The molecule has 3 rings (SSSR count). The fraction of sp³-hybridized carbons (Fsp3) is 0.208. The molecule has 3 aromatic carbocycles. The van der Waals surface area contributed by atoms with Crippen LogP contribution in [0.2, 0.25) is 0 Å². The lowest BCUT2D eigenvalue weighted by Gasteiger charge is -2.28. The van der Waals surface area contributed by atoms with E-state index in [4.69, 9.17) is 4.74 Å². The maximum Gasteiger partial charge on any atom is 0.324 e. The molecule has 36 heavy (non-hydrogen) atoms. The van der Waals surface area contributed by atoms with Crippen molar-refractivity contribution in [2.45, 2.75) is 17.0 Å². The molecule has 0 saturated heterocycles. The van der Waals surface area contributed by atoms with Gasteiger partial charge in [0.1, 0.15) is 11.8 Å². The van der Waals surface area contributed by atoms with E-state index in [0.717, 1.165) is 21.7 Å². The fourth-order valence-electron chi connectivity index (χ4n) is 3.44. The number of sulfonamides is 2. The Labute approximate surface area is 209 Å². The molecule has 10 nitrogen and oxygen atoms in total. The van der Waals surface area contributed by atoms with Crippen molar-refractivity contribution in [3.8, 4) is 16.9 Å². The highest BCUT2D eigenvalue weighted by Crippen LogP contribution is 2.24. The number of nitrogens with one attached hydrogen (secondary N) is 1. The Morgan fingerprint density at radius 2 is 1.44 bits per heavy atom. The normalized spacial score (nSPS) is 13.5. The SMILES string of the molecule is COc1ccc(-c2ccc(S(=O)(=O)N[C@@H](C(=O)O)[C@H](O)CN(c3ccccc3)S(C)(=O)=O)cc2)cc1. The van der Waals surface area contributed by atoms with Gasteiger partial charge in [-0.2, -0.15) is 4.72 Å². The van der Waals surface area contributed by atoms with Crippen LogP contribution >= 0.6 is 0 Å². The van der Waals surface area contributed by atoms with Crippen LogP contribution in [0.4, 0.5) is 5.69 Å². The molecule has 0 unspecified atom stereocenters. The average molecular weight is 535 g/mol. The Bertz CT molecular complexity index is 1390. The Hall–Kier alpha value is -3.45. The van der Waals surface area contributed by atoms with E-state index in [1.165, 1.54) is 24.3 Å². The second kappa shape index (κ2) is 11.1. The molecule has 2 atom stereocenters. The fourth-order valence-corrected chi connectivity index (χ4v) is 5.59. The molecule has 0 bridgehead atoms. The van der Waals surface area contributed by atoms with Crippen molar-refractivity contribution in [2.24, 2.45) is 0 Å². The van der Waals surface area contributed by atoms with Crippen LogP contribution in [0.5, 0.6) is 5.75 Å². The van der Waals surface area contributed by atoms with E-state index in [1.54, 1.807) is 61.7 Å². The molecule has 12 heteroatoms. The Morgan fingerprint density at radius 3 is 1.92 bits per heavy atom. The molecule has 0 heterocycles. The average Bonchev–Trinajstić information content (AvgIpc) is 2.85. The van der Waals surface area contributed by atoms with Crippen molar-refractivity contribution in [2.75, 3.05) is 24.2 Å². The summed E-state index contributed by atoms with van der Waals surface area (Å²) in [4.78, 5) is 11.6. The predicted molar refractivity (Wildman–Crippen MR) is 135 cm³/mol. The minimum absolute atomic E-state index is 0.195. The van der Waals surface area contributed by atoms with Crippen LogP contribution in [0.3, 0.4) is 0 Å². The summed E-state index contributed by atoms with van der Waals surface area (Å²) >= 11 is 0. The molecule has 0 radical (unpaired) electrons. The van der Waals surface area contributed by atoms with Crippen LogP contribution in [-0.2, 0) is 24.8 Å². The third-order valence-corrected chi connectivity index (χ3v) is 7.94. The predicted octanol–water partition coefficient (Wildman–Crippen LogP) is 1.92. The van der Waals surface area contributed by atoms with Crippen molar-refractivity contribution in [1.82, 2.24) is 4.72 Å². The number of para-hydroxylation sites is 1. The van der Waals surface area contributed by atoms with Gasteiger partial charge >= 0.3 is 5.97 Å². The molecular formula is C24H26N2O8S2. The van der Waals surface area contributed by atoms with Crippen molar-refractivity contribution < 1.29 is 36.6 Å². The van der Waals surface area contributed by atoms with Crippen LogP contribution in [0.1, 0.15) is 0 Å². The second-order valence-electron chi connectivity index (χ2n) is 7.89. The summed E-state index contributed by atoms with van der Waals surface area (Å²) in [5.41, 5.74) is 1.73. The highest BCUT2D eigenvalue weighted by atomic mass is 32.2. The summed E-state index contributed by atoms with van der Waals surface area (Å²) in [6.07, 6.45) is -0.998. The lowest BCUT2D eigenvalue weighted by atomic mass is 10.1. The minimum Gasteiger partial charge on any atom is -0.497 e. The first-order chi connectivity index (χ1) is 16.9.